The molecule has 0 aromatic carbocycles. The minimum Gasteiger partial charge on any atom is -0.471 e. The van der Waals surface area contributed by atoms with Crippen LogP contribution in [0.2, 0.25) is 0 Å². The van der Waals surface area contributed by atoms with E-state index in [1.165, 1.54) is 0 Å². The molecule has 0 aliphatic carbocycles. The van der Waals surface area contributed by atoms with E-state index in [9.17, 15) is 22.2 Å². The van der Waals surface area contributed by atoms with E-state index in [0.717, 1.165) is 0 Å². The van der Waals surface area contributed by atoms with E-state index >= 15 is 0 Å². The highest BCUT2D eigenvalue weighted by atomic mass is 32.2. The van der Waals surface area contributed by atoms with Gasteiger partial charge < -0.3 is 5.11 Å². The lowest BCUT2D eigenvalue weighted by Crippen LogP contribution is -2.22. The number of rotatable bonds is 0. The molecule has 0 saturated heterocycles. The highest BCUT2D eigenvalue weighted by molar-refractivity contribution is 8.00. The molecule has 0 spiro atoms. The van der Waals surface area contributed by atoms with Crippen LogP contribution in [0.4, 0.5) is 18.0 Å². The minimum absolute atomic E-state index is 2.37. The van der Waals surface area contributed by atoms with Crippen LogP contribution in [0.5, 0.6) is 0 Å². The van der Waals surface area contributed by atoms with Gasteiger partial charge in [-0.25, -0.2) is 9.00 Å². The summed E-state index contributed by atoms with van der Waals surface area (Å²) in [4.78, 5) is 9.33. The second kappa shape index (κ2) is 2.34. The van der Waals surface area contributed by atoms with Crippen molar-refractivity contribution in [2.75, 3.05) is 0 Å². The van der Waals surface area contributed by atoms with Crippen molar-refractivity contribution in [3.63, 3.8) is 0 Å². The summed E-state index contributed by atoms with van der Waals surface area (Å²) in [6.45, 7) is 0. The van der Waals surface area contributed by atoms with Gasteiger partial charge in [-0.1, -0.05) is 0 Å². The lowest BCUT2D eigenvalue weighted by molar-refractivity contribution is -0.0378. The number of hydrogen-bond donors (Lipinski definition) is 1. The van der Waals surface area contributed by atoms with Crippen molar-refractivity contribution >= 4 is 16.1 Å². The van der Waals surface area contributed by atoms with E-state index in [4.69, 9.17) is 5.11 Å². The lowest BCUT2D eigenvalue weighted by Gasteiger charge is -1.98. The van der Waals surface area contributed by atoms with Crippen LogP contribution >= 0.6 is 0 Å². The van der Waals surface area contributed by atoms with Gasteiger partial charge in [0.05, 0.1) is 0 Å². The molecule has 0 aliphatic heterocycles. The Bertz CT molecular complexity index is 150. The zero-order valence-electron chi connectivity index (χ0n) is 3.81. The molecule has 0 bridgehead atoms. The average Bonchev–Trinajstić information content (AvgIpc) is 1.62. The molecule has 0 amide bonds. The van der Waals surface area contributed by atoms with E-state index in [0.29, 0.717) is 0 Å². The molecule has 3 nitrogen and oxygen atoms in total. The predicted molar refractivity (Wildman–Crippen MR) is 22.2 cm³/mol. The number of hydrogen-bond acceptors (Lipinski definition) is 2. The van der Waals surface area contributed by atoms with Crippen LogP contribution in [-0.4, -0.2) is 20.1 Å². The van der Waals surface area contributed by atoms with Crippen molar-refractivity contribution < 1.29 is 27.3 Å². The Balaban J connectivity index is 4.23. The standard InChI is InChI=1S/C2HF3O3S/c3-2(4,5)9(8)1(6)7/h(H,6,7). The maximum absolute atomic E-state index is 11.0. The van der Waals surface area contributed by atoms with Gasteiger partial charge in [0.2, 0.25) is 10.8 Å². The fourth-order valence-electron chi connectivity index (χ4n) is 0.0990. The largest absolute Gasteiger partial charge is 0.482 e. The number of carbonyl (C=O) groups is 1. The third-order valence-corrected chi connectivity index (χ3v) is 1.11. The summed E-state index contributed by atoms with van der Waals surface area (Å²) in [6.07, 6.45) is 0. The van der Waals surface area contributed by atoms with Crippen LogP contribution in [0.3, 0.4) is 0 Å². The fraction of sp³-hybridized carbons (Fsp3) is 0.500. The van der Waals surface area contributed by atoms with E-state index in [2.05, 4.69) is 0 Å². The molecule has 0 rings (SSSR count). The van der Waals surface area contributed by atoms with Gasteiger partial charge in [-0.15, -0.1) is 0 Å². The molecular weight excluding hydrogens is 161 g/mol. The van der Waals surface area contributed by atoms with Gasteiger partial charge in [-0.3, -0.25) is 0 Å². The summed E-state index contributed by atoms with van der Waals surface area (Å²) in [5.41, 5.74) is -5.15. The molecular formula is C2HF3O3S. The Morgan fingerprint density at radius 1 is 1.44 bits per heavy atom. The summed E-state index contributed by atoms with van der Waals surface area (Å²) < 4.78 is 42.6. The molecule has 0 aliphatic rings. The van der Waals surface area contributed by atoms with Crippen molar-refractivity contribution in [1.29, 1.82) is 0 Å². The molecule has 0 saturated carbocycles. The highest BCUT2D eigenvalue weighted by Gasteiger charge is 2.42. The normalized spacial score (nSPS) is 15.0. The number of halogens is 3. The zero-order valence-corrected chi connectivity index (χ0v) is 4.62. The first-order chi connectivity index (χ1) is 3.85. The van der Waals surface area contributed by atoms with Crippen molar-refractivity contribution in [1.82, 2.24) is 0 Å². The quantitative estimate of drug-likeness (QED) is 0.576. The number of carboxylic acid groups (broad SMARTS) is 1. The van der Waals surface area contributed by atoms with Gasteiger partial charge in [0, 0.05) is 0 Å². The van der Waals surface area contributed by atoms with Crippen LogP contribution in [-0.2, 0) is 10.8 Å². The third-order valence-electron chi connectivity index (χ3n) is 0.369. The molecule has 0 heterocycles. The molecule has 54 valence electrons. The predicted octanol–water partition coefficient (Wildman–Crippen LogP) is 0.933. The maximum Gasteiger partial charge on any atom is 0.482 e. The second-order valence-electron chi connectivity index (χ2n) is 0.980. The first-order valence-corrected chi connectivity index (χ1v) is 2.72. The molecule has 1 atom stereocenters. The van der Waals surface area contributed by atoms with E-state index in [-0.39, 0.29) is 0 Å². The Kier molecular flexibility index (Phi) is 2.19. The van der Waals surface area contributed by atoms with Crippen LogP contribution in [0.25, 0.3) is 0 Å². The van der Waals surface area contributed by atoms with Gasteiger partial charge >= 0.3 is 10.8 Å². The minimum atomic E-state index is -5.15. The van der Waals surface area contributed by atoms with Gasteiger partial charge in [-0.05, 0) is 0 Å². The molecule has 0 aromatic rings. The Hall–Kier alpha value is -0.590. The molecule has 0 radical (unpaired) electrons. The summed E-state index contributed by atoms with van der Waals surface area (Å²) >= 11 is 0. The molecule has 1 unspecified atom stereocenters. The van der Waals surface area contributed by atoms with Gasteiger partial charge in [0.25, 0.3) is 0 Å². The first kappa shape index (κ1) is 8.41. The van der Waals surface area contributed by atoms with Gasteiger partial charge in [0.15, 0.2) is 0 Å². The molecule has 1 N–H and O–H groups in total. The molecule has 0 fully saturated rings. The van der Waals surface area contributed by atoms with E-state index in [1.807, 2.05) is 0 Å². The maximum atomic E-state index is 11.0. The zero-order chi connectivity index (χ0) is 7.65. The Morgan fingerprint density at radius 3 is 1.78 bits per heavy atom. The van der Waals surface area contributed by atoms with Crippen molar-refractivity contribution in [3.8, 4) is 0 Å². The van der Waals surface area contributed by atoms with Crippen molar-refractivity contribution in [3.05, 3.63) is 0 Å². The van der Waals surface area contributed by atoms with E-state index < -0.39 is 21.6 Å². The first-order valence-electron chi connectivity index (χ1n) is 1.57. The lowest BCUT2D eigenvalue weighted by atomic mass is 11.5. The summed E-state index contributed by atoms with van der Waals surface area (Å²) in [7, 11) is -3.77. The van der Waals surface area contributed by atoms with Crippen molar-refractivity contribution in [2.45, 2.75) is 5.51 Å². The van der Waals surface area contributed by atoms with Crippen LogP contribution in [0.1, 0.15) is 0 Å². The smallest absolute Gasteiger partial charge is 0.471 e. The van der Waals surface area contributed by atoms with Crippen LogP contribution in [0.15, 0.2) is 0 Å². The van der Waals surface area contributed by atoms with Crippen LogP contribution in [0, 0.1) is 0 Å². The highest BCUT2D eigenvalue weighted by Crippen LogP contribution is 2.19. The summed E-state index contributed by atoms with van der Waals surface area (Å²) in [5.74, 6) is 0. The third kappa shape index (κ3) is 2.45. The molecule has 9 heavy (non-hydrogen) atoms. The topological polar surface area (TPSA) is 54.4 Å². The second-order valence-corrected chi connectivity index (χ2v) is 2.33. The SMILES string of the molecule is O=C(O)S(=O)C(F)(F)F. The van der Waals surface area contributed by atoms with Gasteiger partial charge in [0.1, 0.15) is 0 Å². The van der Waals surface area contributed by atoms with Crippen molar-refractivity contribution in [2.24, 2.45) is 0 Å². The van der Waals surface area contributed by atoms with Gasteiger partial charge in [-0.2, -0.15) is 13.2 Å². The molecule has 0 aromatic heterocycles. The monoisotopic (exact) mass is 162 g/mol. The molecule has 7 heteroatoms. The summed E-state index contributed by atoms with van der Waals surface area (Å²) in [6, 6.07) is 0. The average molecular weight is 162 g/mol. The summed E-state index contributed by atoms with van der Waals surface area (Å²) in [5, 5.41) is 5.12. The van der Waals surface area contributed by atoms with E-state index in [1.54, 1.807) is 0 Å². The Morgan fingerprint density at radius 2 is 1.78 bits per heavy atom. The fourth-order valence-corrected chi connectivity index (χ4v) is 0.297. The number of alkyl halides is 3. The Labute approximate surface area is 49.9 Å². The van der Waals surface area contributed by atoms with Crippen LogP contribution < -0.4 is 0 Å².